The number of carbonyl (C=O) groups excluding carboxylic acids is 1. The first-order valence-electron chi connectivity index (χ1n) is 5.19. The molecule has 2 aromatic rings. The van der Waals surface area contributed by atoms with Gasteiger partial charge in [0.15, 0.2) is 0 Å². The van der Waals surface area contributed by atoms with Crippen LogP contribution in [-0.2, 0) is 0 Å². The van der Waals surface area contributed by atoms with Crippen LogP contribution in [0.2, 0.25) is 0 Å². The summed E-state index contributed by atoms with van der Waals surface area (Å²) in [4.78, 5) is 12.6. The minimum atomic E-state index is -0.0757. The Balaban J connectivity index is 2.07. The van der Waals surface area contributed by atoms with Gasteiger partial charge < -0.3 is 10.1 Å². The van der Waals surface area contributed by atoms with Gasteiger partial charge in [0.2, 0.25) is 0 Å². The molecule has 0 fully saturated rings. The van der Waals surface area contributed by atoms with Crippen LogP contribution in [0.3, 0.4) is 0 Å². The number of carbonyl (C=O) groups is 1. The van der Waals surface area contributed by atoms with Crippen LogP contribution >= 0.6 is 11.3 Å². The molecule has 2 rings (SSSR count). The number of aryl methyl sites for hydroxylation is 1. The normalized spacial score (nSPS) is 10.0. The van der Waals surface area contributed by atoms with Crippen LogP contribution < -0.4 is 10.1 Å². The number of methoxy groups -OCH3 is 1. The second-order valence-electron chi connectivity index (χ2n) is 3.67. The van der Waals surface area contributed by atoms with Crippen LogP contribution in [0.25, 0.3) is 0 Å². The predicted molar refractivity (Wildman–Crippen MR) is 70.0 cm³/mol. The van der Waals surface area contributed by atoms with Crippen molar-refractivity contribution in [1.29, 1.82) is 0 Å². The Hall–Kier alpha value is -1.81. The van der Waals surface area contributed by atoms with Crippen molar-refractivity contribution in [1.82, 2.24) is 0 Å². The lowest BCUT2D eigenvalue weighted by molar-refractivity contribution is 0.103. The molecule has 1 aromatic heterocycles. The van der Waals surface area contributed by atoms with Crippen molar-refractivity contribution in [2.24, 2.45) is 0 Å². The molecule has 17 heavy (non-hydrogen) atoms. The molecule has 0 bridgehead atoms. The summed E-state index contributed by atoms with van der Waals surface area (Å²) in [7, 11) is 1.61. The van der Waals surface area contributed by atoms with E-state index in [2.05, 4.69) is 5.32 Å². The Morgan fingerprint density at radius 1 is 1.29 bits per heavy atom. The SMILES string of the molecule is COc1ccc(NC(=O)c2cc(C)cs2)cc1. The molecule has 88 valence electrons. The van der Waals surface area contributed by atoms with Crippen molar-refractivity contribution in [2.75, 3.05) is 12.4 Å². The van der Waals surface area contributed by atoms with E-state index in [1.807, 2.05) is 42.6 Å². The Morgan fingerprint density at radius 2 is 2.00 bits per heavy atom. The van der Waals surface area contributed by atoms with Crippen LogP contribution in [0.4, 0.5) is 5.69 Å². The summed E-state index contributed by atoms with van der Waals surface area (Å²) in [6, 6.07) is 9.14. The highest BCUT2D eigenvalue weighted by Gasteiger charge is 2.07. The van der Waals surface area contributed by atoms with Gasteiger partial charge in [-0.25, -0.2) is 0 Å². The molecule has 1 N–H and O–H groups in total. The molecule has 1 aromatic carbocycles. The third kappa shape index (κ3) is 2.85. The third-order valence-electron chi connectivity index (χ3n) is 2.30. The first-order chi connectivity index (χ1) is 8.19. The molecule has 0 unspecified atom stereocenters. The Morgan fingerprint density at radius 3 is 2.53 bits per heavy atom. The van der Waals surface area contributed by atoms with Crippen molar-refractivity contribution in [3.05, 3.63) is 46.2 Å². The number of amides is 1. The van der Waals surface area contributed by atoms with Gasteiger partial charge in [-0.2, -0.15) is 0 Å². The number of rotatable bonds is 3. The molecular formula is C13H13NO2S. The number of hydrogen-bond donors (Lipinski definition) is 1. The molecule has 1 amide bonds. The van der Waals surface area contributed by atoms with Gasteiger partial charge in [-0.1, -0.05) is 0 Å². The average molecular weight is 247 g/mol. The number of anilines is 1. The summed E-state index contributed by atoms with van der Waals surface area (Å²) in [5.74, 6) is 0.697. The van der Waals surface area contributed by atoms with E-state index in [-0.39, 0.29) is 5.91 Å². The second-order valence-corrected chi connectivity index (χ2v) is 4.58. The number of hydrogen-bond acceptors (Lipinski definition) is 3. The van der Waals surface area contributed by atoms with E-state index in [1.165, 1.54) is 11.3 Å². The lowest BCUT2D eigenvalue weighted by atomic mass is 10.3. The molecule has 3 nitrogen and oxygen atoms in total. The predicted octanol–water partition coefficient (Wildman–Crippen LogP) is 3.32. The minimum Gasteiger partial charge on any atom is -0.497 e. The maximum atomic E-state index is 11.8. The molecule has 0 saturated carbocycles. The fourth-order valence-electron chi connectivity index (χ4n) is 1.42. The van der Waals surface area contributed by atoms with Gasteiger partial charge in [0.1, 0.15) is 5.75 Å². The number of ether oxygens (including phenoxy) is 1. The summed E-state index contributed by atoms with van der Waals surface area (Å²) >= 11 is 1.45. The molecule has 0 aliphatic rings. The van der Waals surface area contributed by atoms with Gasteiger partial charge in [0.05, 0.1) is 12.0 Å². The molecule has 0 aliphatic carbocycles. The highest BCUT2D eigenvalue weighted by Crippen LogP contribution is 2.18. The van der Waals surface area contributed by atoms with E-state index >= 15 is 0 Å². The fraction of sp³-hybridized carbons (Fsp3) is 0.154. The molecule has 0 spiro atoms. The van der Waals surface area contributed by atoms with Crippen molar-refractivity contribution in [2.45, 2.75) is 6.92 Å². The standard InChI is InChI=1S/C13H13NO2S/c1-9-7-12(17-8-9)13(15)14-10-3-5-11(16-2)6-4-10/h3-8H,1-2H3,(H,14,15). The highest BCUT2D eigenvalue weighted by atomic mass is 32.1. The maximum Gasteiger partial charge on any atom is 0.265 e. The van der Waals surface area contributed by atoms with Crippen LogP contribution in [-0.4, -0.2) is 13.0 Å². The van der Waals surface area contributed by atoms with E-state index in [1.54, 1.807) is 7.11 Å². The van der Waals surface area contributed by atoms with E-state index in [0.29, 0.717) is 0 Å². The zero-order valence-corrected chi connectivity index (χ0v) is 10.5. The van der Waals surface area contributed by atoms with Crippen molar-refractivity contribution >= 4 is 22.9 Å². The summed E-state index contributed by atoms with van der Waals surface area (Å²) in [5.41, 5.74) is 1.87. The monoisotopic (exact) mass is 247 g/mol. The molecular weight excluding hydrogens is 234 g/mol. The van der Waals surface area contributed by atoms with Crippen LogP contribution in [0.5, 0.6) is 5.75 Å². The van der Waals surface area contributed by atoms with Crippen molar-refractivity contribution in [3.8, 4) is 5.75 Å². The molecule has 0 saturated heterocycles. The Kier molecular flexibility index (Phi) is 3.44. The largest absolute Gasteiger partial charge is 0.497 e. The van der Waals surface area contributed by atoms with Crippen LogP contribution in [0.15, 0.2) is 35.7 Å². The van der Waals surface area contributed by atoms with Gasteiger partial charge in [-0.3, -0.25) is 4.79 Å². The topological polar surface area (TPSA) is 38.3 Å². The quantitative estimate of drug-likeness (QED) is 0.903. The molecule has 4 heteroatoms. The van der Waals surface area contributed by atoms with Crippen LogP contribution in [0, 0.1) is 6.92 Å². The first kappa shape index (κ1) is 11.7. The van der Waals surface area contributed by atoms with E-state index in [0.717, 1.165) is 21.9 Å². The summed E-state index contributed by atoms with van der Waals surface area (Å²) in [6.07, 6.45) is 0. The summed E-state index contributed by atoms with van der Waals surface area (Å²) < 4.78 is 5.05. The zero-order chi connectivity index (χ0) is 12.3. The second kappa shape index (κ2) is 5.01. The first-order valence-corrected chi connectivity index (χ1v) is 6.07. The fourth-order valence-corrected chi connectivity index (χ4v) is 2.21. The summed E-state index contributed by atoms with van der Waals surface area (Å²) in [6.45, 7) is 1.97. The van der Waals surface area contributed by atoms with Gasteiger partial charge in [-0.15, -0.1) is 11.3 Å². The Labute approximate surface area is 104 Å². The molecule has 0 aliphatic heterocycles. The molecule has 0 atom stereocenters. The molecule has 1 heterocycles. The van der Waals surface area contributed by atoms with E-state index < -0.39 is 0 Å². The van der Waals surface area contributed by atoms with Crippen LogP contribution in [0.1, 0.15) is 15.2 Å². The van der Waals surface area contributed by atoms with E-state index in [4.69, 9.17) is 4.74 Å². The van der Waals surface area contributed by atoms with Crippen molar-refractivity contribution in [3.63, 3.8) is 0 Å². The zero-order valence-electron chi connectivity index (χ0n) is 9.69. The van der Waals surface area contributed by atoms with Gasteiger partial charge in [0, 0.05) is 5.69 Å². The number of thiophene rings is 1. The van der Waals surface area contributed by atoms with Crippen molar-refractivity contribution < 1.29 is 9.53 Å². The lowest BCUT2D eigenvalue weighted by Gasteiger charge is -2.04. The number of benzene rings is 1. The minimum absolute atomic E-state index is 0.0757. The van der Waals surface area contributed by atoms with E-state index in [9.17, 15) is 4.79 Å². The smallest absolute Gasteiger partial charge is 0.265 e. The molecule has 0 radical (unpaired) electrons. The summed E-state index contributed by atoms with van der Waals surface area (Å²) in [5, 5.41) is 4.80. The average Bonchev–Trinajstić information content (AvgIpc) is 2.77. The maximum absolute atomic E-state index is 11.8. The Bertz CT molecular complexity index is 516. The van der Waals surface area contributed by atoms with Gasteiger partial charge >= 0.3 is 0 Å². The van der Waals surface area contributed by atoms with Gasteiger partial charge in [-0.05, 0) is 48.2 Å². The highest BCUT2D eigenvalue weighted by molar-refractivity contribution is 7.12. The number of nitrogens with one attached hydrogen (secondary N) is 1. The lowest BCUT2D eigenvalue weighted by Crippen LogP contribution is -2.09. The van der Waals surface area contributed by atoms with Gasteiger partial charge in [0.25, 0.3) is 5.91 Å². The third-order valence-corrected chi connectivity index (χ3v) is 3.35.